The van der Waals surface area contributed by atoms with Crippen LogP contribution >= 0.6 is 0 Å². The lowest BCUT2D eigenvalue weighted by atomic mass is 10.3. The molecule has 3 rings (SSSR count). The van der Waals surface area contributed by atoms with E-state index in [2.05, 4.69) is 10.9 Å². The number of hydrogen-bond donors (Lipinski definition) is 2. The molecule has 15 heavy (non-hydrogen) atoms. The van der Waals surface area contributed by atoms with Crippen molar-refractivity contribution in [1.82, 2.24) is 0 Å². The van der Waals surface area contributed by atoms with E-state index >= 15 is 0 Å². The minimum Gasteiger partial charge on any atom is -0.277 e. The molecule has 0 radical (unpaired) electrons. The first-order valence-electron chi connectivity index (χ1n) is 4.91. The van der Waals surface area contributed by atoms with Crippen LogP contribution in [-0.4, -0.2) is 0 Å². The first-order chi connectivity index (χ1) is 7.43. The molecule has 0 amide bonds. The molecule has 0 saturated carbocycles. The van der Waals surface area contributed by atoms with Gasteiger partial charge in [0.05, 0.1) is 17.1 Å². The van der Waals surface area contributed by atoms with E-state index in [0.717, 1.165) is 17.1 Å². The Morgan fingerprint density at radius 2 is 1.20 bits per heavy atom. The highest BCUT2D eigenvalue weighted by Crippen LogP contribution is 2.30. The third-order valence-electron chi connectivity index (χ3n) is 2.41. The van der Waals surface area contributed by atoms with Gasteiger partial charge < -0.3 is 0 Å². The molecular weight excluding hydrogens is 186 g/mol. The van der Waals surface area contributed by atoms with Gasteiger partial charge in [-0.2, -0.15) is 5.12 Å². The van der Waals surface area contributed by atoms with Gasteiger partial charge in [-0.05, 0) is 24.3 Å². The smallest absolute Gasteiger partial charge is 0.0811 e. The second-order valence-electron chi connectivity index (χ2n) is 3.44. The molecule has 2 N–H and O–H groups in total. The summed E-state index contributed by atoms with van der Waals surface area (Å²) in [7, 11) is 0. The zero-order valence-electron chi connectivity index (χ0n) is 8.14. The van der Waals surface area contributed by atoms with Crippen LogP contribution in [0.25, 0.3) is 0 Å². The predicted molar refractivity (Wildman–Crippen MR) is 62.6 cm³/mol. The maximum atomic E-state index is 3.27. The van der Waals surface area contributed by atoms with E-state index in [9.17, 15) is 0 Å². The summed E-state index contributed by atoms with van der Waals surface area (Å²) in [6.07, 6.45) is 0. The number of anilines is 3. The first-order valence-corrected chi connectivity index (χ1v) is 4.91. The van der Waals surface area contributed by atoms with Gasteiger partial charge in [-0.25, -0.2) is 0 Å². The monoisotopic (exact) mass is 197 g/mol. The van der Waals surface area contributed by atoms with Crippen LogP contribution < -0.4 is 16.0 Å². The molecule has 1 heterocycles. The number of hydrazine groups is 2. The van der Waals surface area contributed by atoms with E-state index in [-0.39, 0.29) is 0 Å². The third-order valence-corrected chi connectivity index (χ3v) is 2.41. The third kappa shape index (κ3) is 1.38. The predicted octanol–water partition coefficient (Wildman–Crippen LogP) is 2.86. The largest absolute Gasteiger partial charge is 0.277 e. The number of para-hydroxylation sites is 3. The summed E-state index contributed by atoms with van der Waals surface area (Å²) < 4.78 is 0. The zero-order chi connectivity index (χ0) is 10.1. The molecule has 3 nitrogen and oxygen atoms in total. The quantitative estimate of drug-likeness (QED) is 0.736. The van der Waals surface area contributed by atoms with Crippen molar-refractivity contribution in [3.8, 4) is 0 Å². The molecular formula is C12H11N3. The SMILES string of the molecule is c1ccc(N2Nc3ccccc3N2)cc1. The fourth-order valence-electron chi connectivity index (χ4n) is 1.65. The van der Waals surface area contributed by atoms with Gasteiger partial charge in [-0.1, -0.05) is 30.3 Å². The Kier molecular flexibility index (Phi) is 1.75. The highest BCUT2D eigenvalue weighted by molar-refractivity contribution is 5.78. The fraction of sp³-hybridized carbons (Fsp3) is 0. The van der Waals surface area contributed by atoms with Crippen molar-refractivity contribution in [1.29, 1.82) is 0 Å². The van der Waals surface area contributed by atoms with Crippen LogP contribution in [0.15, 0.2) is 54.6 Å². The molecule has 1 aliphatic rings. The molecule has 1 aliphatic heterocycles. The summed E-state index contributed by atoms with van der Waals surface area (Å²) in [5, 5.41) is 1.91. The van der Waals surface area contributed by atoms with Gasteiger partial charge in [0.25, 0.3) is 0 Å². The number of hydrogen-bond acceptors (Lipinski definition) is 3. The Labute approximate surface area is 88.3 Å². The van der Waals surface area contributed by atoms with Crippen molar-refractivity contribution in [3.05, 3.63) is 54.6 Å². The van der Waals surface area contributed by atoms with Gasteiger partial charge in [0.1, 0.15) is 0 Å². The van der Waals surface area contributed by atoms with Crippen LogP contribution in [0.5, 0.6) is 0 Å². The number of rotatable bonds is 1. The van der Waals surface area contributed by atoms with Gasteiger partial charge >= 0.3 is 0 Å². The molecule has 74 valence electrons. The maximum absolute atomic E-state index is 3.27. The van der Waals surface area contributed by atoms with E-state index in [4.69, 9.17) is 0 Å². The number of benzene rings is 2. The molecule has 0 atom stereocenters. The molecule has 0 saturated heterocycles. The first kappa shape index (κ1) is 8.17. The Hall–Kier alpha value is -2.16. The second-order valence-corrected chi connectivity index (χ2v) is 3.44. The van der Waals surface area contributed by atoms with Crippen molar-refractivity contribution in [3.63, 3.8) is 0 Å². The van der Waals surface area contributed by atoms with Crippen LogP contribution in [0.2, 0.25) is 0 Å². The fourth-order valence-corrected chi connectivity index (χ4v) is 1.65. The Morgan fingerprint density at radius 3 is 1.80 bits per heavy atom. The summed E-state index contributed by atoms with van der Waals surface area (Å²) in [4.78, 5) is 0. The molecule has 0 aliphatic carbocycles. The second kappa shape index (κ2) is 3.20. The minimum absolute atomic E-state index is 1.09. The van der Waals surface area contributed by atoms with E-state index in [1.165, 1.54) is 0 Å². The summed E-state index contributed by atoms with van der Waals surface area (Å²) in [5.41, 5.74) is 9.83. The maximum Gasteiger partial charge on any atom is 0.0811 e. The summed E-state index contributed by atoms with van der Waals surface area (Å²) in [6, 6.07) is 18.3. The molecule has 0 aromatic heterocycles. The van der Waals surface area contributed by atoms with E-state index < -0.39 is 0 Å². The van der Waals surface area contributed by atoms with Gasteiger partial charge in [-0.15, -0.1) is 0 Å². The van der Waals surface area contributed by atoms with E-state index in [0.29, 0.717) is 0 Å². The van der Waals surface area contributed by atoms with Gasteiger partial charge in [0.2, 0.25) is 0 Å². The number of nitrogens with zero attached hydrogens (tertiary/aromatic N) is 1. The Morgan fingerprint density at radius 1 is 0.667 bits per heavy atom. The standard InChI is InChI=1S/C12H11N3/c1-2-6-10(7-3-1)15-13-11-8-4-5-9-12(11)14-15/h1-9,13-14H. The lowest BCUT2D eigenvalue weighted by Crippen LogP contribution is -2.29. The van der Waals surface area contributed by atoms with Crippen molar-refractivity contribution in [2.24, 2.45) is 0 Å². The highest BCUT2D eigenvalue weighted by Gasteiger charge is 2.16. The number of fused-ring (bicyclic) bond motifs is 1. The summed E-state index contributed by atoms with van der Waals surface area (Å²) in [5.74, 6) is 0. The topological polar surface area (TPSA) is 27.3 Å². The molecule has 2 aromatic carbocycles. The lowest BCUT2D eigenvalue weighted by molar-refractivity contribution is 1.12. The Bertz CT molecular complexity index is 442. The van der Waals surface area contributed by atoms with Crippen molar-refractivity contribution in [2.75, 3.05) is 16.0 Å². The van der Waals surface area contributed by atoms with Crippen molar-refractivity contribution < 1.29 is 0 Å². The zero-order valence-corrected chi connectivity index (χ0v) is 8.14. The van der Waals surface area contributed by atoms with Crippen molar-refractivity contribution in [2.45, 2.75) is 0 Å². The molecule has 2 aromatic rings. The molecule has 0 bridgehead atoms. The van der Waals surface area contributed by atoms with Crippen LogP contribution in [-0.2, 0) is 0 Å². The lowest BCUT2D eigenvalue weighted by Gasteiger charge is -2.18. The summed E-state index contributed by atoms with van der Waals surface area (Å²) in [6.45, 7) is 0. The molecule has 0 fully saturated rings. The van der Waals surface area contributed by atoms with Gasteiger partial charge in [0.15, 0.2) is 0 Å². The number of nitrogens with one attached hydrogen (secondary N) is 2. The summed E-state index contributed by atoms with van der Waals surface area (Å²) >= 11 is 0. The van der Waals surface area contributed by atoms with Crippen LogP contribution in [0.3, 0.4) is 0 Å². The highest BCUT2D eigenvalue weighted by atomic mass is 15.8. The van der Waals surface area contributed by atoms with Gasteiger partial charge in [-0.3, -0.25) is 10.9 Å². The molecule has 0 spiro atoms. The van der Waals surface area contributed by atoms with Crippen LogP contribution in [0.4, 0.5) is 17.1 Å². The van der Waals surface area contributed by atoms with Crippen LogP contribution in [0.1, 0.15) is 0 Å². The minimum atomic E-state index is 1.09. The normalized spacial score (nSPS) is 12.9. The van der Waals surface area contributed by atoms with E-state index in [1.807, 2.05) is 59.7 Å². The van der Waals surface area contributed by atoms with Gasteiger partial charge in [0, 0.05) is 0 Å². The molecule has 3 heteroatoms. The average Bonchev–Trinajstić information content (AvgIpc) is 2.74. The average molecular weight is 197 g/mol. The van der Waals surface area contributed by atoms with Crippen LogP contribution in [0, 0.1) is 0 Å². The Balaban J connectivity index is 1.91. The van der Waals surface area contributed by atoms with Crippen molar-refractivity contribution >= 4 is 17.1 Å². The molecule has 0 unspecified atom stereocenters. The van der Waals surface area contributed by atoms with E-state index in [1.54, 1.807) is 0 Å².